The van der Waals surface area contributed by atoms with Crippen LogP contribution in [0.25, 0.3) is 10.9 Å². The fourth-order valence-corrected chi connectivity index (χ4v) is 2.92. The molecule has 2 N–H and O–H groups in total. The molecular weight excluding hydrogens is 184 g/mol. The van der Waals surface area contributed by atoms with Crippen LogP contribution in [0.3, 0.4) is 0 Å². The lowest BCUT2D eigenvalue weighted by molar-refractivity contribution is 0.686. The molecule has 0 saturated carbocycles. The highest BCUT2D eigenvalue weighted by molar-refractivity contribution is 5.86. The zero-order valence-corrected chi connectivity index (χ0v) is 9.03. The van der Waals surface area contributed by atoms with Gasteiger partial charge in [-0.05, 0) is 36.9 Å². The van der Waals surface area contributed by atoms with Crippen LogP contribution in [0.2, 0.25) is 0 Å². The van der Waals surface area contributed by atoms with Gasteiger partial charge >= 0.3 is 0 Å². The van der Waals surface area contributed by atoms with Gasteiger partial charge < -0.3 is 10.3 Å². The van der Waals surface area contributed by atoms with Crippen molar-refractivity contribution >= 4 is 10.9 Å². The molecule has 0 radical (unpaired) electrons. The minimum atomic E-state index is 0.575. The van der Waals surface area contributed by atoms with E-state index in [0.717, 1.165) is 6.54 Å². The summed E-state index contributed by atoms with van der Waals surface area (Å²) in [4.78, 5) is 0. The predicted molar refractivity (Wildman–Crippen MR) is 63.0 cm³/mol. The molecule has 2 nitrogen and oxygen atoms in total. The Balaban J connectivity index is 2.36. The van der Waals surface area contributed by atoms with E-state index in [-0.39, 0.29) is 0 Å². The summed E-state index contributed by atoms with van der Waals surface area (Å²) in [7, 11) is 2.17. The van der Waals surface area contributed by atoms with Crippen LogP contribution in [-0.4, -0.2) is 11.1 Å². The fraction of sp³-hybridized carbons (Fsp3) is 0.385. The largest absolute Gasteiger partial charge is 0.347 e. The normalized spacial score (nSPS) is 19.7. The molecule has 1 unspecified atom stereocenters. The van der Waals surface area contributed by atoms with E-state index < -0.39 is 0 Å². The van der Waals surface area contributed by atoms with Crippen molar-refractivity contribution in [3.05, 3.63) is 35.5 Å². The minimum Gasteiger partial charge on any atom is -0.347 e. The Morgan fingerprint density at radius 3 is 3.00 bits per heavy atom. The molecule has 0 amide bonds. The molecular formula is C13H16N2. The number of hydrogen-bond acceptors (Lipinski definition) is 1. The second-order valence-corrected chi connectivity index (χ2v) is 4.41. The third-order valence-corrected chi connectivity index (χ3v) is 3.69. The zero-order chi connectivity index (χ0) is 10.4. The maximum absolute atomic E-state index is 5.84. The summed E-state index contributed by atoms with van der Waals surface area (Å²) in [6, 6.07) is 8.65. The summed E-state index contributed by atoms with van der Waals surface area (Å²) in [5.41, 5.74) is 10.2. The average molecular weight is 200 g/mol. The number of aryl methyl sites for hydroxylation is 1. The number of nitrogens with zero attached hydrogens (tertiary/aromatic N) is 1. The number of para-hydroxylation sites is 1. The van der Waals surface area contributed by atoms with Crippen LogP contribution in [0.15, 0.2) is 24.3 Å². The van der Waals surface area contributed by atoms with Crippen LogP contribution in [-0.2, 0) is 13.5 Å². The Bertz CT molecular complexity index is 510. The first-order valence-corrected chi connectivity index (χ1v) is 5.59. The third kappa shape index (κ3) is 1.08. The molecule has 2 aromatic rings. The third-order valence-electron chi connectivity index (χ3n) is 3.69. The molecule has 1 aliphatic rings. The second kappa shape index (κ2) is 3.11. The summed E-state index contributed by atoms with van der Waals surface area (Å²) < 4.78 is 2.33. The number of aromatic nitrogens is 1. The van der Waals surface area contributed by atoms with Crippen LogP contribution in [0.1, 0.15) is 23.6 Å². The quantitative estimate of drug-likeness (QED) is 0.751. The molecule has 0 bridgehead atoms. The van der Waals surface area contributed by atoms with E-state index in [1.807, 2.05) is 0 Å². The Labute approximate surface area is 89.7 Å². The highest BCUT2D eigenvalue weighted by atomic mass is 15.0. The van der Waals surface area contributed by atoms with Crippen molar-refractivity contribution < 1.29 is 0 Å². The van der Waals surface area contributed by atoms with Gasteiger partial charge in [-0.1, -0.05) is 18.2 Å². The van der Waals surface area contributed by atoms with Crippen molar-refractivity contribution in [2.24, 2.45) is 12.8 Å². The van der Waals surface area contributed by atoms with Crippen LogP contribution in [0.4, 0.5) is 0 Å². The van der Waals surface area contributed by atoms with Crippen molar-refractivity contribution in [1.82, 2.24) is 4.57 Å². The average Bonchev–Trinajstić information content (AvgIpc) is 2.81. The van der Waals surface area contributed by atoms with Gasteiger partial charge in [0.1, 0.15) is 0 Å². The van der Waals surface area contributed by atoms with Crippen molar-refractivity contribution in [2.45, 2.75) is 18.8 Å². The first-order chi connectivity index (χ1) is 7.33. The van der Waals surface area contributed by atoms with Crippen LogP contribution in [0, 0.1) is 0 Å². The van der Waals surface area contributed by atoms with Gasteiger partial charge in [-0.2, -0.15) is 0 Å². The minimum absolute atomic E-state index is 0.575. The smallest absolute Gasteiger partial charge is 0.0482 e. The van der Waals surface area contributed by atoms with E-state index in [1.54, 1.807) is 0 Å². The molecule has 1 aliphatic carbocycles. The summed E-state index contributed by atoms with van der Waals surface area (Å²) in [5, 5.41) is 1.41. The molecule has 0 fully saturated rings. The molecule has 78 valence electrons. The van der Waals surface area contributed by atoms with E-state index in [1.165, 1.54) is 35.0 Å². The lowest BCUT2D eigenvalue weighted by Crippen LogP contribution is -2.08. The van der Waals surface area contributed by atoms with E-state index >= 15 is 0 Å². The molecule has 1 heterocycles. The molecule has 2 heteroatoms. The molecule has 0 saturated heterocycles. The Kier molecular flexibility index (Phi) is 1.86. The van der Waals surface area contributed by atoms with Crippen molar-refractivity contribution in [1.29, 1.82) is 0 Å². The van der Waals surface area contributed by atoms with Crippen LogP contribution < -0.4 is 5.73 Å². The SMILES string of the molecule is Cn1c2c(c3ccccc31)C(CN)CC2. The summed E-state index contributed by atoms with van der Waals surface area (Å²) >= 11 is 0. The van der Waals surface area contributed by atoms with E-state index in [0.29, 0.717) is 5.92 Å². The van der Waals surface area contributed by atoms with Gasteiger partial charge in [-0.15, -0.1) is 0 Å². The molecule has 0 aliphatic heterocycles. The first kappa shape index (κ1) is 8.98. The number of fused-ring (bicyclic) bond motifs is 3. The number of hydrogen-bond donors (Lipinski definition) is 1. The van der Waals surface area contributed by atoms with E-state index in [2.05, 4.69) is 35.9 Å². The monoisotopic (exact) mass is 200 g/mol. The van der Waals surface area contributed by atoms with Crippen LogP contribution >= 0.6 is 0 Å². The predicted octanol–water partition coefficient (Wildman–Crippen LogP) is 2.17. The summed E-state index contributed by atoms with van der Waals surface area (Å²) in [6.45, 7) is 0.779. The van der Waals surface area contributed by atoms with Gasteiger partial charge in [0, 0.05) is 23.6 Å². The highest BCUT2D eigenvalue weighted by Crippen LogP contribution is 2.39. The fourth-order valence-electron chi connectivity index (χ4n) is 2.92. The van der Waals surface area contributed by atoms with Crippen molar-refractivity contribution in [2.75, 3.05) is 6.54 Å². The van der Waals surface area contributed by atoms with E-state index in [9.17, 15) is 0 Å². The molecule has 1 aromatic heterocycles. The Hall–Kier alpha value is -1.28. The maximum Gasteiger partial charge on any atom is 0.0482 e. The van der Waals surface area contributed by atoms with Gasteiger partial charge in [0.15, 0.2) is 0 Å². The number of nitrogens with two attached hydrogens (primary N) is 1. The first-order valence-electron chi connectivity index (χ1n) is 5.59. The standard InChI is InChI=1S/C13H16N2/c1-15-11-5-3-2-4-10(11)13-9(8-14)6-7-12(13)15/h2-5,9H,6-8,14H2,1H3. The Morgan fingerprint density at radius 1 is 1.40 bits per heavy atom. The summed E-state index contributed by atoms with van der Waals surface area (Å²) in [6.07, 6.45) is 2.40. The van der Waals surface area contributed by atoms with Crippen molar-refractivity contribution in [3.63, 3.8) is 0 Å². The van der Waals surface area contributed by atoms with Gasteiger partial charge in [0.25, 0.3) is 0 Å². The van der Waals surface area contributed by atoms with Gasteiger partial charge in [0.05, 0.1) is 0 Å². The molecule has 1 aromatic carbocycles. The highest BCUT2D eigenvalue weighted by Gasteiger charge is 2.27. The van der Waals surface area contributed by atoms with Crippen LogP contribution in [0.5, 0.6) is 0 Å². The molecule has 15 heavy (non-hydrogen) atoms. The molecule has 3 rings (SSSR count). The number of rotatable bonds is 1. The topological polar surface area (TPSA) is 30.9 Å². The van der Waals surface area contributed by atoms with Gasteiger partial charge in [-0.3, -0.25) is 0 Å². The number of benzene rings is 1. The van der Waals surface area contributed by atoms with Gasteiger partial charge in [-0.25, -0.2) is 0 Å². The lowest BCUT2D eigenvalue weighted by atomic mass is 10.0. The van der Waals surface area contributed by atoms with E-state index in [4.69, 9.17) is 5.73 Å². The summed E-state index contributed by atoms with van der Waals surface area (Å²) in [5.74, 6) is 0.575. The second-order valence-electron chi connectivity index (χ2n) is 4.41. The molecule has 0 spiro atoms. The zero-order valence-electron chi connectivity index (χ0n) is 9.03. The Morgan fingerprint density at radius 2 is 2.20 bits per heavy atom. The van der Waals surface area contributed by atoms with Crippen molar-refractivity contribution in [3.8, 4) is 0 Å². The lowest BCUT2D eigenvalue weighted by Gasteiger charge is -2.06. The maximum atomic E-state index is 5.84. The molecule has 1 atom stereocenters. The van der Waals surface area contributed by atoms with Gasteiger partial charge in [0.2, 0.25) is 0 Å².